The fourth-order valence-corrected chi connectivity index (χ4v) is 1.38. The first-order chi connectivity index (χ1) is 4.20. The first kappa shape index (κ1) is 7.07. The summed E-state index contributed by atoms with van der Waals surface area (Å²) in [6.07, 6.45) is 2.68. The first-order valence-electron chi connectivity index (χ1n) is 3.37. The molecule has 0 radical (unpaired) electrons. The standard InChI is InChI=1S/C7H11ClO/c1-5-2-3-6(8)7(9)4-5/h5-6H,2-4H2,1H3/t5-,6+/m0/s1. The largest absolute Gasteiger partial charge is 0.298 e. The van der Waals surface area contributed by atoms with Gasteiger partial charge in [0.2, 0.25) is 0 Å². The van der Waals surface area contributed by atoms with Crippen molar-refractivity contribution in [1.29, 1.82) is 0 Å². The van der Waals surface area contributed by atoms with Crippen molar-refractivity contribution in [2.45, 2.75) is 31.6 Å². The predicted molar refractivity (Wildman–Crippen MR) is 37.7 cm³/mol. The van der Waals surface area contributed by atoms with Gasteiger partial charge in [0.05, 0.1) is 5.38 Å². The second-order valence-electron chi connectivity index (χ2n) is 2.82. The molecule has 0 bridgehead atoms. The molecule has 0 aromatic heterocycles. The van der Waals surface area contributed by atoms with Crippen molar-refractivity contribution in [3.63, 3.8) is 0 Å². The molecule has 2 atom stereocenters. The van der Waals surface area contributed by atoms with E-state index in [-0.39, 0.29) is 11.2 Å². The number of carbonyl (C=O) groups excluding carboxylic acids is 1. The highest BCUT2D eigenvalue weighted by atomic mass is 35.5. The summed E-state index contributed by atoms with van der Waals surface area (Å²) in [6.45, 7) is 2.10. The van der Waals surface area contributed by atoms with Crippen molar-refractivity contribution in [3.05, 3.63) is 0 Å². The number of hydrogen-bond donors (Lipinski definition) is 0. The van der Waals surface area contributed by atoms with Crippen molar-refractivity contribution in [2.75, 3.05) is 0 Å². The molecule has 0 aliphatic heterocycles. The van der Waals surface area contributed by atoms with Crippen LogP contribution >= 0.6 is 11.6 Å². The third-order valence-corrected chi connectivity index (χ3v) is 2.27. The highest BCUT2D eigenvalue weighted by Gasteiger charge is 2.23. The Hall–Kier alpha value is -0.0400. The van der Waals surface area contributed by atoms with Crippen molar-refractivity contribution in [3.8, 4) is 0 Å². The first-order valence-corrected chi connectivity index (χ1v) is 3.80. The van der Waals surface area contributed by atoms with Gasteiger partial charge in [0.15, 0.2) is 5.78 Å². The lowest BCUT2D eigenvalue weighted by molar-refractivity contribution is -0.120. The molecule has 1 saturated carbocycles. The van der Waals surface area contributed by atoms with Crippen LogP contribution in [-0.4, -0.2) is 11.2 Å². The fourth-order valence-electron chi connectivity index (χ4n) is 1.17. The number of alkyl halides is 1. The van der Waals surface area contributed by atoms with Crippen LogP contribution in [0, 0.1) is 5.92 Å². The van der Waals surface area contributed by atoms with Crippen LogP contribution in [0.5, 0.6) is 0 Å². The Morgan fingerprint density at radius 3 is 2.67 bits per heavy atom. The number of Topliss-reactive ketones (excluding diaryl/α,β-unsaturated/α-hetero) is 1. The minimum atomic E-state index is -0.179. The van der Waals surface area contributed by atoms with Crippen LogP contribution in [0.25, 0.3) is 0 Å². The van der Waals surface area contributed by atoms with Crippen LogP contribution in [0.4, 0.5) is 0 Å². The number of halogens is 1. The maximum atomic E-state index is 10.9. The van der Waals surface area contributed by atoms with Gasteiger partial charge in [-0.15, -0.1) is 11.6 Å². The fraction of sp³-hybridized carbons (Fsp3) is 0.857. The molecule has 1 aliphatic carbocycles. The average molecular weight is 147 g/mol. The Morgan fingerprint density at radius 2 is 2.22 bits per heavy atom. The molecule has 1 nitrogen and oxygen atoms in total. The van der Waals surface area contributed by atoms with Crippen molar-refractivity contribution >= 4 is 17.4 Å². The predicted octanol–water partition coefficient (Wildman–Crippen LogP) is 1.98. The zero-order valence-corrected chi connectivity index (χ0v) is 6.32. The summed E-state index contributed by atoms with van der Waals surface area (Å²) in [5, 5.41) is -0.179. The van der Waals surface area contributed by atoms with Crippen molar-refractivity contribution < 1.29 is 4.79 Å². The van der Waals surface area contributed by atoms with Gasteiger partial charge in [-0.25, -0.2) is 0 Å². The molecule has 0 N–H and O–H groups in total. The van der Waals surface area contributed by atoms with E-state index in [1.165, 1.54) is 0 Å². The third kappa shape index (κ3) is 1.68. The van der Waals surface area contributed by atoms with Crippen LogP contribution in [0.15, 0.2) is 0 Å². The highest BCUT2D eigenvalue weighted by Crippen LogP contribution is 2.23. The van der Waals surface area contributed by atoms with E-state index in [0.29, 0.717) is 12.3 Å². The van der Waals surface area contributed by atoms with E-state index < -0.39 is 0 Å². The lowest BCUT2D eigenvalue weighted by atomic mass is 9.90. The molecule has 0 heterocycles. The maximum absolute atomic E-state index is 10.9. The number of ketones is 1. The monoisotopic (exact) mass is 146 g/mol. The van der Waals surface area contributed by atoms with Gasteiger partial charge < -0.3 is 0 Å². The van der Waals surface area contributed by atoms with Crippen LogP contribution in [-0.2, 0) is 4.79 Å². The molecule has 0 unspecified atom stereocenters. The van der Waals surface area contributed by atoms with Crippen LogP contribution in [0.3, 0.4) is 0 Å². The lowest BCUT2D eigenvalue weighted by Crippen LogP contribution is -2.23. The van der Waals surface area contributed by atoms with Crippen LogP contribution in [0.1, 0.15) is 26.2 Å². The van der Waals surface area contributed by atoms with Crippen molar-refractivity contribution in [1.82, 2.24) is 0 Å². The molecule has 2 heteroatoms. The van der Waals surface area contributed by atoms with Gasteiger partial charge in [-0.2, -0.15) is 0 Å². The molecule has 52 valence electrons. The smallest absolute Gasteiger partial charge is 0.150 e. The minimum Gasteiger partial charge on any atom is -0.298 e. The molecule has 0 aromatic rings. The van der Waals surface area contributed by atoms with Gasteiger partial charge in [0.1, 0.15) is 0 Å². The molecule has 0 spiro atoms. The number of rotatable bonds is 0. The van der Waals surface area contributed by atoms with E-state index in [9.17, 15) is 4.79 Å². The zero-order chi connectivity index (χ0) is 6.85. The van der Waals surface area contributed by atoms with Crippen LogP contribution in [0.2, 0.25) is 0 Å². The van der Waals surface area contributed by atoms with E-state index in [1.807, 2.05) is 0 Å². The maximum Gasteiger partial charge on any atom is 0.150 e. The molecule has 1 aliphatic rings. The van der Waals surface area contributed by atoms with Gasteiger partial charge in [-0.3, -0.25) is 4.79 Å². The van der Waals surface area contributed by atoms with E-state index in [0.717, 1.165) is 12.8 Å². The topological polar surface area (TPSA) is 17.1 Å². The molecule has 0 saturated heterocycles. The average Bonchev–Trinajstić information content (AvgIpc) is 1.80. The lowest BCUT2D eigenvalue weighted by Gasteiger charge is -2.19. The summed E-state index contributed by atoms with van der Waals surface area (Å²) in [7, 11) is 0. The van der Waals surface area contributed by atoms with Gasteiger partial charge in [0, 0.05) is 6.42 Å². The summed E-state index contributed by atoms with van der Waals surface area (Å²) in [6, 6.07) is 0. The number of carbonyl (C=O) groups is 1. The third-order valence-electron chi connectivity index (χ3n) is 1.81. The number of hydrogen-bond acceptors (Lipinski definition) is 1. The Morgan fingerprint density at radius 1 is 1.56 bits per heavy atom. The summed E-state index contributed by atoms with van der Waals surface area (Å²) in [4.78, 5) is 10.9. The Labute approximate surface area is 60.4 Å². The SMILES string of the molecule is C[C@H]1CC[C@@H](Cl)C(=O)C1. The summed E-state index contributed by atoms with van der Waals surface area (Å²) >= 11 is 5.68. The molecular formula is C7H11ClO. The van der Waals surface area contributed by atoms with E-state index in [1.54, 1.807) is 0 Å². The molecular weight excluding hydrogens is 136 g/mol. The van der Waals surface area contributed by atoms with Crippen LogP contribution < -0.4 is 0 Å². The minimum absolute atomic E-state index is 0.179. The Balaban J connectivity index is 2.44. The van der Waals surface area contributed by atoms with Gasteiger partial charge >= 0.3 is 0 Å². The molecule has 0 amide bonds. The van der Waals surface area contributed by atoms with Gasteiger partial charge in [0.25, 0.3) is 0 Å². The molecule has 0 aromatic carbocycles. The zero-order valence-electron chi connectivity index (χ0n) is 5.56. The van der Waals surface area contributed by atoms with E-state index in [2.05, 4.69) is 6.92 Å². The van der Waals surface area contributed by atoms with Gasteiger partial charge in [-0.05, 0) is 18.8 Å². The second-order valence-corrected chi connectivity index (χ2v) is 3.35. The summed E-state index contributed by atoms with van der Waals surface area (Å²) in [5.41, 5.74) is 0. The van der Waals surface area contributed by atoms with Gasteiger partial charge in [-0.1, -0.05) is 6.92 Å². The highest BCUT2D eigenvalue weighted by molar-refractivity contribution is 6.31. The normalized spacial score (nSPS) is 36.9. The molecule has 1 rings (SSSR count). The quantitative estimate of drug-likeness (QED) is 0.478. The second kappa shape index (κ2) is 2.70. The summed E-state index contributed by atoms with van der Waals surface area (Å²) < 4.78 is 0. The Bertz CT molecular complexity index is 122. The van der Waals surface area contributed by atoms with E-state index in [4.69, 9.17) is 11.6 Å². The van der Waals surface area contributed by atoms with Crippen molar-refractivity contribution in [2.24, 2.45) is 5.92 Å². The van der Waals surface area contributed by atoms with E-state index >= 15 is 0 Å². The Kier molecular flexibility index (Phi) is 2.12. The summed E-state index contributed by atoms with van der Waals surface area (Å²) in [5.74, 6) is 0.794. The molecule has 1 fully saturated rings. The molecule has 9 heavy (non-hydrogen) atoms.